The summed E-state index contributed by atoms with van der Waals surface area (Å²) in [5.41, 5.74) is 2.25. The van der Waals surface area contributed by atoms with Gasteiger partial charge in [0.05, 0.1) is 17.2 Å². The summed E-state index contributed by atoms with van der Waals surface area (Å²) in [7, 11) is 1.95. The molecule has 35 heavy (non-hydrogen) atoms. The van der Waals surface area contributed by atoms with E-state index in [0.717, 1.165) is 66.8 Å². The molecule has 182 valence electrons. The fraction of sp³-hybridized carbons (Fsp3) is 0.423. The number of aromatic nitrogens is 3. The highest BCUT2D eigenvalue weighted by atomic mass is 32.2. The lowest BCUT2D eigenvalue weighted by atomic mass is 9.97. The van der Waals surface area contributed by atoms with E-state index in [1.165, 1.54) is 12.1 Å². The Morgan fingerprint density at radius 3 is 2.54 bits per heavy atom. The van der Waals surface area contributed by atoms with Crippen molar-refractivity contribution in [3.8, 4) is 17.5 Å². The van der Waals surface area contributed by atoms with Crippen molar-refractivity contribution in [1.29, 1.82) is 5.26 Å². The van der Waals surface area contributed by atoms with Gasteiger partial charge in [0, 0.05) is 24.9 Å². The Morgan fingerprint density at radius 1 is 1.11 bits per heavy atom. The molecule has 0 N–H and O–H groups in total. The molecule has 1 saturated heterocycles. The molecule has 1 saturated carbocycles. The first-order valence-corrected chi connectivity index (χ1v) is 12.7. The van der Waals surface area contributed by atoms with Gasteiger partial charge in [-0.3, -0.25) is 0 Å². The molecule has 9 heteroatoms. The second-order valence-electron chi connectivity index (χ2n) is 9.52. The van der Waals surface area contributed by atoms with Crippen molar-refractivity contribution in [3.63, 3.8) is 0 Å². The minimum Gasteiger partial charge on any atom is -0.305 e. The number of thioether (sulfide) groups is 1. The van der Waals surface area contributed by atoms with E-state index in [2.05, 4.69) is 21.2 Å². The van der Waals surface area contributed by atoms with Crippen LogP contribution in [0.1, 0.15) is 41.9 Å². The number of alkyl halides is 3. The lowest BCUT2D eigenvalue weighted by Gasteiger charge is -2.16. The summed E-state index contributed by atoms with van der Waals surface area (Å²) in [4.78, 5) is 2.49. The summed E-state index contributed by atoms with van der Waals surface area (Å²) in [5.74, 6) is 2.09. The van der Waals surface area contributed by atoms with Crippen LogP contribution < -0.4 is 0 Å². The molecule has 0 unspecified atom stereocenters. The van der Waals surface area contributed by atoms with E-state index in [0.29, 0.717) is 11.5 Å². The number of hydrogen-bond acceptors (Lipinski definition) is 5. The minimum absolute atomic E-state index is 0.243. The van der Waals surface area contributed by atoms with E-state index in [1.807, 2.05) is 23.7 Å². The average molecular weight is 498 g/mol. The highest BCUT2D eigenvalue weighted by molar-refractivity contribution is 7.99. The lowest BCUT2D eigenvalue weighted by molar-refractivity contribution is -0.137. The van der Waals surface area contributed by atoms with Gasteiger partial charge in [-0.15, -0.1) is 10.2 Å². The van der Waals surface area contributed by atoms with E-state index in [4.69, 9.17) is 5.26 Å². The maximum atomic E-state index is 12.8. The maximum absolute atomic E-state index is 12.8. The number of nitrogens with zero attached hydrogens (tertiary/aromatic N) is 5. The van der Waals surface area contributed by atoms with Gasteiger partial charge in [-0.25, -0.2) is 0 Å². The van der Waals surface area contributed by atoms with Gasteiger partial charge in [0.25, 0.3) is 0 Å². The minimum atomic E-state index is -4.28. The predicted molar refractivity (Wildman–Crippen MR) is 129 cm³/mol. The summed E-state index contributed by atoms with van der Waals surface area (Å²) in [6.07, 6.45) is -1.06. The van der Waals surface area contributed by atoms with Gasteiger partial charge in [0.15, 0.2) is 11.0 Å². The Kier molecular flexibility index (Phi) is 6.36. The number of halogens is 3. The van der Waals surface area contributed by atoms with Gasteiger partial charge >= 0.3 is 6.18 Å². The van der Waals surface area contributed by atoms with Crippen LogP contribution >= 0.6 is 11.8 Å². The molecule has 2 aromatic carbocycles. The number of nitriles is 1. The molecule has 5 nitrogen and oxygen atoms in total. The molecule has 1 aromatic heterocycles. The van der Waals surface area contributed by atoms with Crippen LogP contribution in [0.5, 0.6) is 0 Å². The summed E-state index contributed by atoms with van der Waals surface area (Å²) in [5, 5.41) is 18.5. The second kappa shape index (κ2) is 9.32. The maximum Gasteiger partial charge on any atom is 0.416 e. The van der Waals surface area contributed by atoms with Crippen molar-refractivity contribution in [2.75, 3.05) is 25.4 Å². The topological polar surface area (TPSA) is 57.7 Å². The van der Waals surface area contributed by atoms with Gasteiger partial charge in [-0.2, -0.15) is 18.4 Å². The molecule has 3 aromatic rings. The standard InChI is InChI=1S/C26H26F3N5S/c1-33-23(20-5-3-18(16-30)4-6-20)31-32-24(33)35-14-2-12-34-13-11-25(17-34)15-22(25)19-7-9-21(10-8-19)26(27,28)29/h3-10,22H,2,11-15,17H2,1H3/t22-,25+/m1/s1. The first kappa shape index (κ1) is 23.9. The molecule has 0 radical (unpaired) electrons. The Hall–Kier alpha value is -2.83. The van der Waals surface area contributed by atoms with Crippen molar-refractivity contribution >= 4 is 11.8 Å². The van der Waals surface area contributed by atoms with Crippen LogP contribution in [0.4, 0.5) is 13.2 Å². The normalized spacial score (nSPS) is 22.0. The Balaban J connectivity index is 1.09. The van der Waals surface area contributed by atoms with E-state index < -0.39 is 11.7 Å². The molecule has 1 spiro atoms. The molecule has 2 fully saturated rings. The molecule has 1 aliphatic carbocycles. The molecule has 2 heterocycles. The fourth-order valence-electron chi connectivity index (χ4n) is 5.19. The first-order valence-electron chi connectivity index (χ1n) is 11.7. The smallest absolute Gasteiger partial charge is 0.305 e. The van der Waals surface area contributed by atoms with Crippen molar-refractivity contribution < 1.29 is 13.2 Å². The van der Waals surface area contributed by atoms with Crippen molar-refractivity contribution in [3.05, 3.63) is 65.2 Å². The summed E-state index contributed by atoms with van der Waals surface area (Å²) in [6.45, 7) is 3.08. The third-order valence-corrected chi connectivity index (χ3v) is 8.36. The van der Waals surface area contributed by atoms with Crippen LogP contribution in [0.15, 0.2) is 53.7 Å². The molecule has 0 amide bonds. The highest BCUT2D eigenvalue weighted by Crippen LogP contribution is 2.64. The van der Waals surface area contributed by atoms with Crippen molar-refractivity contribution in [2.45, 2.75) is 36.5 Å². The van der Waals surface area contributed by atoms with Gasteiger partial charge in [0.1, 0.15) is 0 Å². The third kappa shape index (κ3) is 4.95. The van der Waals surface area contributed by atoms with Gasteiger partial charge in [-0.05, 0) is 85.6 Å². The SMILES string of the molecule is Cn1c(SCCCN2CC[C@]3(C[C@@H]3c3ccc(C(F)(F)F)cc3)C2)nnc1-c1ccc(C#N)cc1. The largest absolute Gasteiger partial charge is 0.416 e. The Labute approximate surface area is 207 Å². The Morgan fingerprint density at radius 2 is 1.86 bits per heavy atom. The number of likely N-dealkylation sites (tertiary alicyclic amines) is 1. The van der Waals surface area contributed by atoms with Crippen LogP contribution in [-0.4, -0.2) is 45.1 Å². The van der Waals surface area contributed by atoms with Crippen molar-refractivity contribution in [2.24, 2.45) is 12.5 Å². The van der Waals surface area contributed by atoms with E-state index in [-0.39, 0.29) is 5.41 Å². The summed E-state index contributed by atoms with van der Waals surface area (Å²) < 4.78 is 40.5. The summed E-state index contributed by atoms with van der Waals surface area (Å²) in [6, 6.07) is 15.2. The van der Waals surface area contributed by atoms with Crippen LogP contribution in [0.25, 0.3) is 11.4 Å². The zero-order valence-electron chi connectivity index (χ0n) is 19.4. The molecule has 2 atom stereocenters. The quantitative estimate of drug-likeness (QED) is 0.308. The van der Waals surface area contributed by atoms with Crippen LogP contribution in [0.2, 0.25) is 0 Å². The summed E-state index contributed by atoms with van der Waals surface area (Å²) >= 11 is 1.69. The Bertz CT molecular complexity index is 1230. The van der Waals surface area contributed by atoms with E-state index in [9.17, 15) is 13.2 Å². The van der Waals surface area contributed by atoms with Crippen LogP contribution in [0.3, 0.4) is 0 Å². The number of hydrogen-bond donors (Lipinski definition) is 0. The molecule has 0 bridgehead atoms. The molecule has 5 rings (SSSR count). The third-order valence-electron chi connectivity index (χ3n) is 7.25. The molecular formula is C26H26F3N5S. The number of rotatable bonds is 7. The lowest BCUT2D eigenvalue weighted by Crippen LogP contribution is -2.23. The monoisotopic (exact) mass is 497 g/mol. The molecule has 2 aliphatic rings. The molecule has 1 aliphatic heterocycles. The van der Waals surface area contributed by atoms with Gasteiger partial charge in [0.2, 0.25) is 0 Å². The highest BCUT2D eigenvalue weighted by Gasteiger charge is 2.57. The van der Waals surface area contributed by atoms with Crippen molar-refractivity contribution in [1.82, 2.24) is 19.7 Å². The number of benzene rings is 2. The first-order chi connectivity index (χ1) is 16.8. The molecular weight excluding hydrogens is 471 g/mol. The average Bonchev–Trinajstić information content (AvgIpc) is 3.20. The van der Waals surface area contributed by atoms with Gasteiger partial charge < -0.3 is 9.47 Å². The predicted octanol–water partition coefficient (Wildman–Crippen LogP) is 5.73. The second-order valence-corrected chi connectivity index (χ2v) is 10.6. The van der Waals surface area contributed by atoms with E-state index in [1.54, 1.807) is 36.0 Å². The zero-order valence-corrected chi connectivity index (χ0v) is 20.2. The van der Waals surface area contributed by atoms with Crippen LogP contribution in [0, 0.1) is 16.7 Å². The van der Waals surface area contributed by atoms with Crippen LogP contribution in [-0.2, 0) is 13.2 Å². The zero-order chi connectivity index (χ0) is 24.6. The van der Waals surface area contributed by atoms with E-state index >= 15 is 0 Å². The van der Waals surface area contributed by atoms with Gasteiger partial charge in [-0.1, -0.05) is 23.9 Å². The fourth-order valence-corrected chi connectivity index (χ4v) is 6.02.